The number of hydrogen-bond donors (Lipinski definition) is 0. The van der Waals surface area contributed by atoms with Crippen LogP contribution in [0.25, 0.3) is 252 Å². The van der Waals surface area contributed by atoms with Gasteiger partial charge in [-0.25, -0.2) is 0 Å². The minimum Gasteiger partial charge on any atom is -0.456 e. The zero-order valence-corrected chi connectivity index (χ0v) is 69.5. The van der Waals surface area contributed by atoms with E-state index in [-0.39, 0.29) is 0 Å². The largest absolute Gasteiger partial charge is 0.456 e. The Bertz CT molecular complexity index is 9430. The van der Waals surface area contributed by atoms with E-state index in [0.717, 1.165) is 43.9 Å². The van der Waals surface area contributed by atoms with Crippen LogP contribution in [0.5, 0.6) is 0 Å². The molecule has 6 heterocycles. The lowest BCUT2D eigenvalue weighted by Crippen LogP contribution is -1.94. The standard InChI is InChI=1S/C46H30N2.2C38H23NO/c1-2-15-37(16-3-1)47-44-20-9-7-18-40(44)42-29-35(23-26-45(42)47)32-13-10-14-33(27-32)36-22-25-41-39-17-6-8-19-43(39)48(46(41)30-36)38-24-21-31-11-4-5-12-34(31)28-38;1-2-9-26-21-29(17-13-24(26)7-1)39-34-12-6-5-11-31(34)32-22-27(14-18-35(32)39)28-16-19-36-33(23-28)38-30-10-4-3-8-25(30)15-20-37(38)40-36;1-2-9-26-21-29(17-13-24(26)7-1)39-35-12-6-5-11-31(35)33-22-27(15-19-36(33)39)28-16-20-37-34(23-28)32-18-14-25-8-3-4-10-30(25)38(32)40-37/h1-30H;2*1-23H. The van der Waals surface area contributed by atoms with Crippen molar-refractivity contribution in [2.45, 2.75) is 0 Å². The first-order chi connectivity index (χ1) is 63.4. The van der Waals surface area contributed by atoms with E-state index in [1.54, 1.807) is 0 Å². The Kier molecular flexibility index (Phi) is 16.6. The number of aromatic nitrogens is 4. The minimum absolute atomic E-state index is 0.920. The SMILES string of the molecule is c1ccc(-n2c3ccccc3c3cc(-c4cccc(-c5ccc6c7ccccc7n(-c7ccc8ccccc8c7)c6c5)c4)ccc32)cc1.c1ccc2cc(-n3c4ccccc4c4cc(-c5ccc6oc7c8ccccc8ccc7c6c5)ccc43)ccc2c1.c1ccc2cc(-n3c4ccccc4c4cc(-c5ccc6oc7ccc8ccccc8c7c6c5)ccc43)ccc2c1. The van der Waals surface area contributed by atoms with Crippen molar-refractivity contribution in [3.63, 3.8) is 0 Å². The fourth-order valence-electron chi connectivity index (χ4n) is 20.5. The number of para-hydroxylation sites is 5. The second-order valence-corrected chi connectivity index (χ2v) is 33.8. The monoisotopic (exact) mass is 1630 g/mol. The highest BCUT2D eigenvalue weighted by Gasteiger charge is 2.22. The van der Waals surface area contributed by atoms with Crippen LogP contribution in [-0.4, -0.2) is 18.3 Å². The van der Waals surface area contributed by atoms with E-state index in [1.165, 1.54) is 208 Å². The summed E-state index contributed by atoms with van der Waals surface area (Å²) >= 11 is 0. The first-order valence-electron chi connectivity index (χ1n) is 43.9. The summed E-state index contributed by atoms with van der Waals surface area (Å²) in [5.74, 6) is 0. The molecule has 0 fully saturated rings. The first kappa shape index (κ1) is 72.6. The Labute approximate surface area is 735 Å². The van der Waals surface area contributed by atoms with Gasteiger partial charge in [0.25, 0.3) is 0 Å². The van der Waals surface area contributed by atoms with Crippen LogP contribution in [-0.2, 0) is 0 Å². The third-order valence-electron chi connectivity index (χ3n) is 26.6. The van der Waals surface area contributed by atoms with Crippen molar-refractivity contribution in [3.05, 3.63) is 461 Å². The summed E-state index contributed by atoms with van der Waals surface area (Å²) in [5, 5.41) is 27.0. The molecule has 0 atom stereocenters. The second-order valence-electron chi connectivity index (χ2n) is 33.8. The number of benzene rings is 22. The van der Waals surface area contributed by atoms with Gasteiger partial charge in [-0.15, -0.1) is 0 Å². The minimum atomic E-state index is 0.920. The van der Waals surface area contributed by atoms with Crippen LogP contribution in [0.1, 0.15) is 0 Å². The van der Waals surface area contributed by atoms with Crippen LogP contribution < -0.4 is 0 Å². The Morgan fingerprint density at radius 2 is 0.445 bits per heavy atom. The summed E-state index contributed by atoms with van der Waals surface area (Å²) in [6, 6.07) is 167. The Balaban J connectivity index is 0.000000102. The predicted molar refractivity (Wildman–Crippen MR) is 541 cm³/mol. The van der Waals surface area contributed by atoms with Crippen molar-refractivity contribution in [3.8, 4) is 67.3 Å². The van der Waals surface area contributed by atoms with Crippen molar-refractivity contribution < 1.29 is 8.83 Å². The Hall–Kier alpha value is -17.1. The third kappa shape index (κ3) is 11.9. The van der Waals surface area contributed by atoms with Crippen LogP contribution in [0.3, 0.4) is 0 Å². The maximum Gasteiger partial charge on any atom is 0.143 e. The summed E-state index contributed by atoms with van der Waals surface area (Å²) in [7, 11) is 0. The van der Waals surface area contributed by atoms with Crippen molar-refractivity contribution in [1.29, 1.82) is 0 Å². The van der Waals surface area contributed by atoms with E-state index in [4.69, 9.17) is 8.83 Å². The van der Waals surface area contributed by atoms with Crippen molar-refractivity contribution in [2.24, 2.45) is 0 Å². The molecule has 0 unspecified atom stereocenters. The molecule has 0 saturated carbocycles. The lowest BCUT2D eigenvalue weighted by Gasteiger charge is -2.11. The van der Waals surface area contributed by atoms with Gasteiger partial charge in [0.1, 0.15) is 22.3 Å². The maximum atomic E-state index is 6.36. The molecule has 0 aliphatic rings. The summed E-state index contributed by atoms with van der Waals surface area (Å²) in [5.41, 5.74) is 27.8. The van der Waals surface area contributed by atoms with E-state index in [0.29, 0.717) is 0 Å². The predicted octanol–water partition coefficient (Wildman–Crippen LogP) is 33.7. The molecule has 6 aromatic heterocycles. The quantitative estimate of drug-likeness (QED) is 0.152. The molecule has 0 spiro atoms. The van der Waals surface area contributed by atoms with Crippen molar-refractivity contribution >= 4 is 185 Å². The van der Waals surface area contributed by atoms with Crippen LogP contribution in [0.2, 0.25) is 0 Å². The number of rotatable bonds is 8. The molecule has 0 saturated heterocycles. The van der Waals surface area contributed by atoms with Crippen LogP contribution in [0.15, 0.2) is 470 Å². The maximum absolute atomic E-state index is 6.36. The topological polar surface area (TPSA) is 46.0 Å². The van der Waals surface area contributed by atoms with Gasteiger partial charge in [-0.3, -0.25) is 0 Å². The lowest BCUT2D eigenvalue weighted by molar-refractivity contribution is 0.669. The average Bonchev–Trinajstić information content (AvgIpc) is 1.60. The molecular weight excluding hydrogens is 1550 g/mol. The Morgan fingerprint density at radius 3 is 0.945 bits per heavy atom. The van der Waals surface area contributed by atoms with Crippen molar-refractivity contribution in [1.82, 2.24) is 18.3 Å². The molecule has 0 radical (unpaired) electrons. The molecule has 0 N–H and O–H groups in total. The summed E-state index contributed by atoms with van der Waals surface area (Å²) in [6.07, 6.45) is 0. The number of hydrogen-bond acceptors (Lipinski definition) is 2. The molecule has 596 valence electrons. The molecule has 0 aliphatic heterocycles. The fraction of sp³-hybridized carbons (Fsp3) is 0. The van der Waals surface area contributed by atoms with Crippen LogP contribution in [0, 0.1) is 0 Å². The lowest BCUT2D eigenvalue weighted by atomic mass is 9.97. The number of furan rings is 2. The highest BCUT2D eigenvalue weighted by atomic mass is 16.3. The normalized spacial score (nSPS) is 11.9. The van der Waals surface area contributed by atoms with Gasteiger partial charge >= 0.3 is 0 Å². The van der Waals surface area contributed by atoms with E-state index in [1.807, 2.05) is 0 Å². The van der Waals surface area contributed by atoms with Crippen LogP contribution >= 0.6 is 0 Å². The molecule has 28 rings (SSSR count). The number of fused-ring (bicyclic) bond motifs is 25. The molecule has 28 aromatic rings. The highest BCUT2D eigenvalue weighted by molar-refractivity contribution is 6.21. The van der Waals surface area contributed by atoms with Gasteiger partial charge < -0.3 is 27.1 Å². The van der Waals surface area contributed by atoms with Gasteiger partial charge in [0, 0.05) is 92.8 Å². The van der Waals surface area contributed by atoms with Gasteiger partial charge in [-0.1, -0.05) is 303 Å². The summed E-state index contributed by atoms with van der Waals surface area (Å²) in [4.78, 5) is 0. The molecule has 6 nitrogen and oxygen atoms in total. The molecule has 0 amide bonds. The van der Waals surface area contributed by atoms with E-state index in [9.17, 15) is 0 Å². The molecule has 22 aromatic carbocycles. The second kappa shape index (κ2) is 29.3. The third-order valence-corrected chi connectivity index (χ3v) is 26.6. The fourth-order valence-corrected chi connectivity index (χ4v) is 20.5. The zero-order valence-electron chi connectivity index (χ0n) is 69.5. The average molecular weight is 1630 g/mol. The first-order valence-corrected chi connectivity index (χ1v) is 43.9. The highest BCUT2D eigenvalue weighted by Crippen LogP contribution is 2.45. The van der Waals surface area contributed by atoms with E-state index >= 15 is 0 Å². The molecule has 128 heavy (non-hydrogen) atoms. The van der Waals surface area contributed by atoms with Gasteiger partial charge in [0.2, 0.25) is 0 Å². The van der Waals surface area contributed by atoms with E-state index < -0.39 is 0 Å². The van der Waals surface area contributed by atoms with Gasteiger partial charge in [-0.05, 0) is 251 Å². The summed E-state index contributed by atoms with van der Waals surface area (Å²) in [6.45, 7) is 0. The molecule has 0 bridgehead atoms. The van der Waals surface area contributed by atoms with Crippen LogP contribution in [0.4, 0.5) is 0 Å². The van der Waals surface area contributed by atoms with Crippen molar-refractivity contribution in [2.75, 3.05) is 0 Å². The number of nitrogens with zero attached hydrogens (tertiary/aromatic N) is 4. The smallest absolute Gasteiger partial charge is 0.143 e. The Morgan fingerprint density at radius 1 is 0.133 bits per heavy atom. The molecule has 6 heteroatoms. The van der Waals surface area contributed by atoms with Gasteiger partial charge in [0.05, 0.1) is 44.1 Å². The zero-order chi connectivity index (χ0) is 84.0. The van der Waals surface area contributed by atoms with Gasteiger partial charge in [0.15, 0.2) is 0 Å². The molecular formula is C122H76N4O2. The van der Waals surface area contributed by atoms with Gasteiger partial charge in [-0.2, -0.15) is 0 Å². The molecule has 0 aliphatic carbocycles. The van der Waals surface area contributed by atoms with E-state index in [2.05, 4.69) is 479 Å². The summed E-state index contributed by atoms with van der Waals surface area (Å²) < 4.78 is 22.2.